The molecule has 3 rings (SSSR count). The van der Waals surface area contributed by atoms with Gasteiger partial charge in [0.1, 0.15) is 0 Å². The van der Waals surface area contributed by atoms with E-state index in [1.54, 1.807) is 0 Å². The van der Waals surface area contributed by atoms with Gasteiger partial charge in [-0.2, -0.15) is 0 Å². The Balaban J connectivity index is 1.69. The van der Waals surface area contributed by atoms with Crippen LogP contribution >= 0.6 is 22.6 Å². The first-order valence-electron chi connectivity index (χ1n) is 9.00. The van der Waals surface area contributed by atoms with Crippen molar-refractivity contribution in [3.05, 3.63) is 57.2 Å². The summed E-state index contributed by atoms with van der Waals surface area (Å²) in [6, 6.07) is 14.5. The lowest BCUT2D eigenvalue weighted by molar-refractivity contribution is 0.0342. The zero-order valence-electron chi connectivity index (χ0n) is 15.3. The molecule has 0 aliphatic carbocycles. The molecule has 1 amide bonds. The van der Waals surface area contributed by atoms with Gasteiger partial charge < -0.3 is 10.1 Å². The molecule has 0 bridgehead atoms. The Kier molecular flexibility index (Phi) is 6.67. The summed E-state index contributed by atoms with van der Waals surface area (Å²) in [6.07, 6.45) is 0. The number of benzene rings is 2. The highest BCUT2D eigenvalue weighted by molar-refractivity contribution is 14.1. The molecule has 1 fully saturated rings. The third kappa shape index (κ3) is 5.28. The molecular weight excluding hydrogens is 439 g/mol. The van der Waals surface area contributed by atoms with Crippen LogP contribution in [0.2, 0.25) is 0 Å². The second-order valence-electron chi connectivity index (χ2n) is 6.88. The Morgan fingerprint density at radius 1 is 1.15 bits per heavy atom. The Bertz CT molecular complexity index is 755. The van der Waals surface area contributed by atoms with Crippen molar-refractivity contribution < 1.29 is 9.53 Å². The maximum Gasteiger partial charge on any atom is 0.251 e. The highest BCUT2D eigenvalue weighted by Crippen LogP contribution is 2.24. The van der Waals surface area contributed by atoms with Crippen molar-refractivity contribution in [1.82, 2.24) is 10.2 Å². The first-order valence-corrected chi connectivity index (χ1v) is 10.1. The second-order valence-corrected chi connectivity index (χ2v) is 8.13. The standard InChI is InChI=1S/C21H25IN2O2/c1-15-3-5-17(6-4-15)18-11-19(13-20(22)12-18)21(25)23-16(2)14-24-7-9-26-10-8-24/h3-6,11-13,16H,7-10,14H2,1-2H3,(H,23,25). The molecule has 138 valence electrons. The highest BCUT2D eigenvalue weighted by Gasteiger charge is 2.16. The van der Waals surface area contributed by atoms with Crippen molar-refractivity contribution in [2.45, 2.75) is 19.9 Å². The van der Waals surface area contributed by atoms with Gasteiger partial charge in [0, 0.05) is 34.8 Å². The molecule has 4 nitrogen and oxygen atoms in total. The third-order valence-corrected chi connectivity index (χ3v) is 5.18. The van der Waals surface area contributed by atoms with E-state index < -0.39 is 0 Å². The van der Waals surface area contributed by atoms with Crippen LogP contribution in [0.4, 0.5) is 0 Å². The summed E-state index contributed by atoms with van der Waals surface area (Å²) in [4.78, 5) is 15.1. The van der Waals surface area contributed by atoms with E-state index in [-0.39, 0.29) is 11.9 Å². The number of nitrogens with one attached hydrogen (secondary N) is 1. The molecule has 5 heteroatoms. The average Bonchev–Trinajstić information content (AvgIpc) is 2.62. The molecule has 1 saturated heterocycles. The smallest absolute Gasteiger partial charge is 0.251 e. The van der Waals surface area contributed by atoms with E-state index in [9.17, 15) is 4.79 Å². The predicted molar refractivity (Wildman–Crippen MR) is 114 cm³/mol. The van der Waals surface area contributed by atoms with Gasteiger partial charge in [0.25, 0.3) is 5.91 Å². The van der Waals surface area contributed by atoms with Gasteiger partial charge in [-0.15, -0.1) is 0 Å². The van der Waals surface area contributed by atoms with E-state index >= 15 is 0 Å². The van der Waals surface area contributed by atoms with Gasteiger partial charge in [-0.25, -0.2) is 0 Å². The van der Waals surface area contributed by atoms with Crippen molar-refractivity contribution in [2.75, 3.05) is 32.8 Å². The van der Waals surface area contributed by atoms with Crippen LogP contribution in [0.3, 0.4) is 0 Å². The predicted octanol–water partition coefficient (Wildman–Crippen LogP) is 3.72. The maximum atomic E-state index is 12.7. The van der Waals surface area contributed by atoms with E-state index in [1.807, 2.05) is 12.1 Å². The third-order valence-electron chi connectivity index (χ3n) is 4.56. The van der Waals surface area contributed by atoms with Crippen LogP contribution in [0.25, 0.3) is 11.1 Å². The van der Waals surface area contributed by atoms with Crippen LogP contribution in [0.5, 0.6) is 0 Å². The van der Waals surface area contributed by atoms with Crippen LogP contribution in [0.1, 0.15) is 22.8 Å². The summed E-state index contributed by atoms with van der Waals surface area (Å²) in [5.41, 5.74) is 4.14. The van der Waals surface area contributed by atoms with Gasteiger partial charge in [0.05, 0.1) is 13.2 Å². The summed E-state index contributed by atoms with van der Waals surface area (Å²) in [5.74, 6) is -0.0161. The van der Waals surface area contributed by atoms with Crippen molar-refractivity contribution in [3.63, 3.8) is 0 Å². The fourth-order valence-electron chi connectivity index (χ4n) is 3.16. The van der Waals surface area contributed by atoms with Crippen LogP contribution < -0.4 is 5.32 Å². The molecule has 1 atom stereocenters. The molecule has 0 radical (unpaired) electrons. The second kappa shape index (κ2) is 8.97. The minimum atomic E-state index is -0.0161. The first kappa shape index (κ1) is 19.3. The normalized spacial score (nSPS) is 16.3. The van der Waals surface area contributed by atoms with Crippen molar-refractivity contribution in [2.24, 2.45) is 0 Å². The number of hydrogen-bond donors (Lipinski definition) is 1. The molecule has 1 heterocycles. The fourth-order valence-corrected chi connectivity index (χ4v) is 3.83. The molecule has 1 aliphatic rings. The van der Waals surface area contributed by atoms with E-state index in [1.165, 1.54) is 5.56 Å². The zero-order chi connectivity index (χ0) is 18.5. The quantitative estimate of drug-likeness (QED) is 0.687. The summed E-state index contributed by atoms with van der Waals surface area (Å²) < 4.78 is 6.44. The van der Waals surface area contributed by atoms with Gasteiger partial charge in [0.2, 0.25) is 0 Å². The maximum absolute atomic E-state index is 12.7. The topological polar surface area (TPSA) is 41.6 Å². The van der Waals surface area contributed by atoms with E-state index in [2.05, 4.69) is 77.0 Å². The highest BCUT2D eigenvalue weighted by atomic mass is 127. The zero-order valence-corrected chi connectivity index (χ0v) is 17.5. The number of ether oxygens (including phenoxy) is 1. The lowest BCUT2D eigenvalue weighted by atomic mass is 10.0. The number of hydrogen-bond acceptors (Lipinski definition) is 3. The van der Waals surface area contributed by atoms with Crippen LogP contribution in [-0.4, -0.2) is 49.7 Å². The number of carbonyl (C=O) groups excluding carboxylic acids is 1. The van der Waals surface area contributed by atoms with Crippen LogP contribution in [0.15, 0.2) is 42.5 Å². The number of nitrogens with zero attached hydrogens (tertiary/aromatic N) is 1. The van der Waals surface area contributed by atoms with Gasteiger partial charge in [-0.1, -0.05) is 29.8 Å². The summed E-state index contributed by atoms with van der Waals surface area (Å²) in [6.45, 7) is 8.40. The molecule has 0 saturated carbocycles. The van der Waals surface area contributed by atoms with Crippen molar-refractivity contribution >= 4 is 28.5 Å². The molecule has 0 spiro atoms. The van der Waals surface area contributed by atoms with Crippen molar-refractivity contribution in [1.29, 1.82) is 0 Å². The average molecular weight is 464 g/mol. The lowest BCUT2D eigenvalue weighted by Gasteiger charge is -2.29. The molecule has 1 unspecified atom stereocenters. The molecule has 2 aromatic rings. The minimum absolute atomic E-state index is 0.0161. The molecule has 1 N–H and O–H groups in total. The van der Waals surface area contributed by atoms with Crippen molar-refractivity contribution in [3.8, 4) is 11.1 Å². The molecule has 1 aliphatic heterocycles. The Morgan fingerprint density at radius 2 is 1.85 bits per heavy atom. The Labute approximate surface area is 169 Å². The number of rotatable bonds is 5. The van der Waals surface area contributed by atoms with Gasteiger partial charge in [0.15, 0.2) is 0 Å². The lowest BCUT2D eigenvalue weighted by Crippen LogP contribution is -2.46. The summed E-state index contributed by atoms with van der Waals surface area (Å²) >= 11 is 2.27. The Morgan fingerprint density at radius 3 is 2.54 bits per heavy atom. The molecular formula is C21H25IN2O2. The van der Waals surface area contributed by atoms with Crippen LogP contribution in [-0.2, 0) is 4.74 Å². The number of halogens is 1. The van der Waals surface area contributed by atoms with Gasteiger partial charge in [-0.3, -0.25) is 9.69 Å². The number of amides is 1. The van der Waals surface area contributed by atoms with Gasteiger partial charge >= 0.3 is 0 Å². The Hall–Kier alpha value is -1.44. The molecule has 0 aromatic heterocycles. The monoisotopic (exact) mass is 464 g/mol. The largest absolute Gasteiger partial charge is 0.379 e. The fraction of sp³-hybridized carbons (Fsp3) is 0.381. The SMILES string of the molecule is Cc1ccc(-c2cc(I)cc(C(=O)NC(C)CN3CCOCC3)c2)cc1. The van der Waals surface area contributed by atoms with E-state index in [0.29, 0.717) is 5.56 Å². The molecule has 2 aromatic carbocycles. The molecule has 26 heavy (non-hydrogen) atoms. The first-order chi connectivity index (χ1) is 12.5. The number of morpholine rings is 1. The number of carbonyl (C=O) groups is 1. The minimum Gasteiger partial charge on any atom is -0.379 e. The van der Waals surface area contributed by atoms with Crippen LogP contribution in [0, 0.1) is 10.5 Å². The van der Waals surface area contributed by atoms with Gasteiger partial charge in [-0.05, 0) is 65.8 Å². The summed E-state index contributed by atoms with van der Waals surface area (Å²) in [5, 5.41) is 3.13. The van der Waals surface area contributed by atoms with E-state index in [0.717, 1.165) is 47.5 Å². The van der Waals surface area contributed by atoms with E-state index in [4.69, 9.17) is 4.74 Å². The number of aryl methyl sites for hydroxylation is 1. The summed E-state index contributed by atoms with van der Waals surface area (Å²) in [7, 11) is 0.